The van der Waals surface area contributed by atoms with Crippen LogP contribution >= 0.6 is 11.6 Å². The van der Waals surface area contributed by atoms with Crippen molar-refractivity contribution in [2.45, 2.75) is 43.8 Å². The molecule has 0 radical (unpaired) electrons. The maximum Gasteiger partial charge on any atom is 0.243 e. The van der Waals surface area contributed by atoms with E-state index in [4.69, 9.17) is 11.6 Å². The van der Waals surface area contributed by atoms with Gasteiger partial charge in [0.2, 0.25) is 10.0 Å². The van der Waals surface area contributed by atoms with Crippen LogP contribution in [0.1, 0.15) is 30.9 Å². The highest BCUT2D eigenvalue weighted by Gasteiger charge is 2.25. The number of sulfonamides is 1. The van der Waals surface area contributed by atoms with Crippen LogP contribution in [-0.2, 0) is 23.1 Å². The van der Waals surface area contributed by atoms with Crippen LogP contribution in [0.4, 0.5) is 0 Å². The zero-order valence-corrected chi connectivity index (χ0v) is 15.9. The summed E-state index contributed by atoms with van der Waals surface area (Å²) in [4.78, 5) is 0.294. The Labute approximate surface area is 154 Å². The van der Waals surface area contributed by atoms with Crippen LogP contribution in [0.2, 0.25) is 5.02 Å². The second-order valence-corrected chi connectivity index (χ2v) is 8.67. The zero-order valence-electron chi connectivity index (χ0n) is 14.3. The Morgan fingerprint density at radius 2 is 1.88 bits per heavy atom. The molecular formula is C19H23ClN2O2S. The summed E-state index contributed by atoms with van der Waals surface area (Å²) in [6.45, 7) is 3.22. The Balaban J connectivity index is 1.82. The summed E-state index contributed by atoms with van der Waals surface area (Å²) in [7, 11) is -3.56. The van der Waals surface area contributed by atoms with Crippen molar-refractivity contribution in [3.8, 4) is 0 Å². The lowest BCUT2D eigenvalue weighted by atomic mass is 10.2. The topological polar surface area (TPSA) is 49.4 Å². The van der Waals surface area contributed by atoms with Gasteiger partial charge in [0.1, 0.15) is 0 Å². The molecule has 1 fully saturated rings. The van der Waals surface area contributed by atoms with Gasteiger partial charge in [0, 0.05) is 30.7 Å². The first-order valence-corrected chi connectivity index (χ1v) is 10.4. The molecule has 0 atom stereocenters. The molecule has 4 nitrogen and oxygen atoms in total. The smallest absolute Gasteiger partial charge is 0.243 e. The first-order chi connectivity index (χ1) is 12.0. The molecule has 0 saturated heterocycles. The molecule has 0 spiro atoms. The molecular weight excluding hydrogens is 356 g/mol. The fraction of sp³-hybridized carbons (Fsp3) is 0.368. The van der Waals surface area contributed by atoms with E-state index in [0.29, 0.717) is 35.6 Å². The van der Waals surface area contributed by atoms with E-state index in [-0.39, 0.29) is 0 Å². The number of nitrogens with one attached hydrogen (secondary N) is 1. The summed E-state index contributed by atoms with van der Waals surface area (Å²) in [5.74, 6) is 0. The number of benzene rings is 2. The molecule has 1 aliphatic rings. The minimum Gasteiger partial charge on any atom is -0.310 e. The number of halogens is 1. The average Bonchev–Trinajstić information content (AvgIpc) is 3.44. The quantitative estimate of drug-likeness (QED) is 0.760. The van der Waals surface area contributed by atoms with Crippen LogP contribution in [0.3, 0.4) is 0 Å². The highest BCUT2D eigenvalue weighted by atomic mass is 35.5. The van der Waals surface area contributed by atoms with Crippen molar-refractivity contribution >= 4 is 21.6 Å². The molecule has 3 rings (SSSR count). The largest absolute Gasteiger partial charge is 0.310 e. The van der Waals surface area contributed by atoms with Crippen LogP contribution in [0.15, 0.2) is 53.4 Å². The van der Waals surface area contributed by atoms with Crippen molar-refractivity contribution in [1.82, 2.24) is 9.62 Å². The summed E-state index contributed by atoms with van der Waals surface area (Å²) in [6, 6.07) is 15.1. The van der Waals surface area contributed by atoms with Crippen LogP contribution in [-0.4, -0.2) is 25.3 Å². The van der Waals surface area contributed by atoms with E-state index in [9.17, 15) is 8.42 Å². The fourth-order valence-electron chi connectivity index (χ4n) is 2.69. The van der Waals surface area contributed by atoms with Crippen molar-refractivity contribution < 1.29 is 8.42 Å². The lowest BCUT2D eigenvalue weighted by molar-refractivity contribution is 0.423. The molecule has 0 heterocycles. The Bertz CT molecular complexity index is 821. The first-order valence-electron chi connectivity index (χ1n) is 8.56. The Hall–Kier alpha value is -1.40. The van der Waals surface area contributed by atoms with Gasteiger partial charge in [-0.05, 0) is 42.2 Å². The van der Waals surface area contributed by atoms with Crippen molar-refractivity contribution in [3.63, 3.8) is 0 Å². The summed E-state index contributed by atoms with van der Waals surface area (Å²) in [5.41, 5.74) is 1.79. The van der Waals surface area contributed by atoms with Gasteiger partial charge in [-0.1, -0.05) is 48.9 Å². The maximum absolute atomic E-state index is 13.0. The highest BCUT2D eigenvalue weighted by Crippen LogP contribution is 2.25. The van der Waals surface area contributed by atoms with Gasteiger partial charge in [0.05, 0.1) is 4.90 Å². The number of hydrogen-bond donors (Lipinski definition) is 1. The molecule has 0 aliphatic heterocycles. The number of nitrogens with zero attached hydrogens (tertiary/aromatic N) is 1. The summed E-state index contributed by atoms with van der Waals surface area (Å²) < 4.78 is 27.6. The second-order valence-electron chi connectivity index (χ2n) is 6.33. The maximum atomic E-state index is 13.0. The van der Waals surface area contributed by atoms with Crippen molar-refractivity contribution in [2.24, 2.45) is 0 Å². The third-order valence-electron chi connectivity index (χ3n) is 4.37. The van der Waals surface area contributed by atoms with E-state index in [0.717, 1.165) is 11.1 Å². The molecule has 25 heavy (non-hydrogen) atoms. The van der Waals surface area contributed by atoms with Gasteiger partial charge in [-0.3, -0.25) is 0 Å². The normalized spacial score (nSPS) is 14.8. The minimum atomic E-state index is -3.56. The Morgan fingerprint density at radius 3 is 2.52 bits per heavy atom. The van der Waals surface area contributed by atoms with Gasteiger partial charge < -0.3 is 5.32 Å². The van der Waals surface area contributed by atoms with Crippen LogP contribution in [0.25, 0.3) is 0 Å². The van der Waals surface area contributed by atoms with Gasteiger partial charge in [0.15, 0.2) is 0 Å². The summed E-state index contributed by atoms with van der Waals surface area (Å²) in [5, 5.41) is 3.98. The first kappa shape index (κ1) is 18.4. The van der Waals surface area contributed by atoms with Gasteiger partial charge in [-0.2, -0.15) is 4.31 Å². The van der Waals surface area contributed by atoms with Crippen LogP contribution in [0.5, 0.6) is 0 Å². The van der Waals surface area contributed by atoms with Gasteiger partial charge in [0.25, 0.3) is 0 Å². The van der Waals surface area contributed by atoms with E-state index in [1.165, 1.54) is 17.1 Å². The standard InChI is InChI=1S/C19H23ClN2O2S/c1-2-22(14-15-6-4-3-5-7-15)25(23,24)18-10-11-19(20)16(12-18)13-21-17-8-9-17/h3-7,10-12,17,21H,2,8-9,13-14H2,1H3. The third kappa shape index (κ3) is 4.61. The molecule has 134 valence electrons. The summed E-state index contributed by atoms with van der Waals surface area (Å²) >= 11 is 6.24. The van der Waals surface area contributed by atoms with E-state index in [2.05, 4.69) is 5.32 Å². The van der Waals surface area contributed by atoms with E-state index < -0.39 is 10.0 Å². The zero-order chi connectivity index (χ0) is 17.9. The predicted molar refractivity (Wildman–Crippen MR) is 101 cm³/mol. The molecule has 6 heteroatoms. The molecule has 0 unspecified atom stereocenters. The van der Waals surface area contributed by atoms with E-state index >= 15 is 0 Å². The van der Waals surface area contributed by atoms with E-state index in [1.807, 2.05) is 37.3 Å². The second kappa shape index (κ2) is 7.87. The Morgan fingerprint density at radius 1 is 1.16 bits per heavy atom. The number of hydrogen-bond acceptors (Lipinski definition) is 3. The van der Waals surface area contributed by atoms with Gasteiger partial charge in [-0.25, -0.2) is 8.42 Å². The molecule has 2 aromatic rings. The van der Waals surface area contributed by atoms with Crippen LogP contribution in [0, 0.1) is 0 Å². The third-order valence-corrected chi connectivity index (χ3v) is 6.65. The minimum absolute atomic E-state index is 0.294. The molecule has 1 N–H and O–H groups in total. The van der Waals surface area contributed by atoms with Gasteiger partial charge in [-0.15, -0.1) is 0 Å². The Kier molecular flexibility index (Phi) is 5.79. The van der Waals surface area contributed by atoms with Crippen LogP contribution < -0.4 is 5.32 Å². The summed E-state index contributed by atoms with van der Waals surface area (Å²) in [6.07, 6.45) is 2.35. The molecule has 1 saturated carbocycles. The SMILES string of the molecule is CCN(Cc1ccccc1)S(=O)(=O)c1ccc(Cl)c(CNC2CC2)c1. The molecule has 0 aromatic heterocycles. The predicted octanol–water partition coefficient (Wildman–Crippen LogP) is 3.80. The van der Waals surface area contributed by atoms with E-state index in [1.54, 1.807) is 18.2 Å². The molecule has 2 aromatic carbocycles. The lowest BCUT2D eigenvalue weighted by Crippen LogP contribution is -2.30. The highest BCUT2D eigenvalue weighted by molar-refractivity contribution is 7.89. The van der Waals surface area contributed by atoms with Crippen molar-refractivity contribution in [3.05, 3.63) is 64.7 Å². The number of rotatable bonds is 8. The average molecular weight is 379 g/mol. The van der Waals surface area contributed by atoms with Crippen molar-refractivity contribution in [2.75, 3.05) is 6.54 Å². The monoisotopic (exact) mass is 378 g/mol. The van der Waals surface area contributed by atoms with Crippen molar-refractivity contribution in [1.29, 1.82) is 0 Å². The van der Waals surface area contributed by atoms with Gasteiger partial charge >= 0.3 is 0 Å². The molecule has 0 bridgehead atoms. The lowest BCUT2D eigenvalue weighted by Gasteiger charge is -2.21. The fourth-order valence-corrected chi connectivity index (χ4v) is 4.36. The molecule has 0 amide bonds. The molecule has 1 aliphatic carbocycles.